The molecule has 0 bridgehead atoms. The average molecular weight is 307 g/mol. The summed E-state index contributed by atoms with van der Waals surface area (Å²) in [6.07, 6.45) is 2.80. The number of unbranched alkanes of at least 4 members (excludes halogenated alkanes) is 1. The number of rotatable bonds is 4. The summed E-state index contributed by atoms with van der Waals surface area (Å²) >= 11 is 1.84. The summed E-state index contributed by atoms with van der Waals surface area (Å²) in [6, 6.07) is 6.05. The summed E-state index contributed by atoms with van der Waals surface area (Å²) in [5.41, 5.74) is 1.13. The standard InChI is InChI=1S/C16H21NO3S/c1-2-3-7-17-15(18)6-10-21-16(17)12-4-5-13-14(11-12)20-9-8-19-13/h4-5,11,16H,2-3,6-10H2,1H3. The van der Waals surface area contributed by atoms with Crippen molar-refractivity contribution in [2.45, 2.75) is 31.6 Å². The minimum atomic E-state index is 0.105. The first kappa shape index (κ1) is 14.6. The number of fused-ring (bicyclic) bond motifs is 1. The molecule has 2 aliphatic heterocycles. The summed E-state index contributed by atoms with van der Waals surface area (Å²) in [5, 5.41) is 0.105. The van der Waals surface area contributed by atoms with Crippen LogP contribution in [-0.2, 0) is 4.79 Å². The van der Waals surface area contributed by atoms with E-state index in [1.54, 1.807) is 0 Å². The molecule has 21 heavy (non-hydrogen) atoms. The molecule has 4 nitrogen and oxygen atoms in total. The highest BCUT2D eigenvalue weighted by molar-refractivity contribution is 7.99. The molecule has 0 aromatic heterocycles. The molecule has 2 heterocycles. The van der Waals surface area contributed by atoms with Gasteiger partial charge in [0, 0.05) is 18.7 Å². The Balaban J connectivity index is 1.84. The van der Waals surface area contributed by atoms with E-state index in [4.69, 9.17) is 9.47 Å². The molecular formula is C16H21NO3S. The summed E-state index contributed by atoms with van der Waals surface area (Å²) < 4.78 is 11.2. The van der Waals surface area contributed by atoms with Gasteiger partial charge in [-0.05, 0) is 24.1 Å². The molecule has 5 heteroatoms. The van der Waals surface area contributed by atoms with Gasteiger partial charge in [0.2, 0.25) is 5.91 Å². The first-order valence-electron chi connectivity index (χ1n) is 7.60. The molecule has 0 spiro atoms. The SMILES string of the molecule is CCCCN1C(=O)CCSC1c1ccc2c(c1)OCCO2. The Morgan fingerprint density at radius 1 is 1.29 bits per heavy atom. The van der Waals surface area contributed by atoms with E-state index in [1.807, 2.05) is 28.8 Å². The second kappa shape index (κ2) is 6.60. The van der Waals surface area contributed by atoms with Crippen LogP contribution in [0.1, 0.15) is 37.1 Å². The minimum absolute atomic E-state index is 0.105. The monoisotopic (exact) mass is 307 g/mol. The molecule has 1 aromatic carbocycles. The third kappa shape index (κ3) is 3.12. The highest BCUT2D eigenvalue weighted by atomic mass is 32.2. The number of hydrogen-bond acceptors (Lipinski definition) is 4. The van der Waals surface area contributed by atoms with Crippen LogP contribution in [0.15, 0.2) is 18.2 Å². The number of carbonyl (C=O) groups is 1. The van der Waals surface area contributed by atoms with Crippen LogP contribution < -0.4 is 9.47 Å². The minimum Gasteiger partial charge on any atom is -0.486 e. The fourth-order valence-electron chi connectivity index (χ4n) is 2.68. The van der Waals surface area contributed by atoms with E-state index < -0.39 is 0 Å². The van der Waals surface area contributed by atoms with Crippen molar-refractivity contribution < 1.29 is 14.3 Å². The molecular weight excluding hydrogens is 286 g/mol. The largest absolute Gasteiger partial charge is 0.486 e. The van der Waals surface area contributed by atoms with Gasteiger partial charge in [-0.25, -0.2) is 0 Å². The number of ether oxygens (including phenoxy) is 2. The first-order valence-corrected chi connectivity index (χ1v) is 8.65. The fraction of sp³-hybridized carbons (Fsp3) is 0.562. The summed E-state index contributed by atoms with van der Waals surface area (Å²) in [5.74, 6) is 2.76. The highest BCUT2D eigenvalue weighted by Gasteiger charge is 2.30. The van der Waals surface area contributed by atoms with Crippen molar-refractivity contribution in [2.75, 3.05) is 25.5 Å². The molecule has 0 saturated carbocycles. The van der Waals surface area contributed by atoms with Crippen LogP contribution >= 0.6 is 11.8 Å². The van der Waals surface area contributed by atoms with E-state index in [0.29, 0.717) is 19.6 Å². The maximum atomic E-state index is 12.2. The van der Waals surface area contributed by atoms with Gasteiger partial charge in [-0.1, -0.05) is 19.4 Å². The van der Waals surface area contributed by atoms with Crippen molar-refractivity contribution in [3.8, 4) is 11.5 Å². The molecule has 1 unspecified atom stereocenters. The van der Waals surface area contributed by atoms with E-state index in [1.165, 1.54) is 0 Å². The van der Waals surface area contributed by atoms with Crippen LogP contribution in [0, 0.1) is 0 Å². The Hall–Kier alpha value is -1.36. The lowest BCUT2D eigenvalue weighted by Crippen LogP contribution is -2.37. The zero-order valence-corrected chi connectivity index (χ0v) is 13.2. The molecule has 1 fully saturated rings. The van der Waals surface area contributed by atoms with Gasteiger partial charge in [-0.15, -0.1) is 11.8 Å². The zero-order valence-electron chi connectivity index (χ0n) is 12.3. The van der Waals surface area contributed by atoms with E-state index in [-0.39, 0.29) is 11.3 Å². The molecule has 114 valence electrons. The Morgan fingerprint density at radius 3 is 2.90 bits per heavy atom. The van der Waals surface area contributed by atoms with Crippen LogP contribution in [0.25, 0.3) is 0 Å². The highest BCUT2D eigenvalue weighted by Crippen LogP contribution is 2.41. The predicted molar refractivity (Wildman–Crippen MR) is 83.9 cm³/mol. The smallest absolute Gasteiger partial charge is 0.224 e. The van der Waals surface area contributed by atoms with Crippen LogP contribution in [0.2, 0.25) is 0 Å². The van der Waals surface area contributed by atoms with E-state index in [0.717, 1.165) is 42.2 Å². The second-order valence-electron chi connectivity index (χ2n) is 5.32. The number of carbonyl (C=O) groups excluding carboxylic acids is 1. The van der Waals surface area contributed by atoms with E-state index in [2.05, 4.69) is 13.0 Å². The van der Waals surface area contributed by atoms with Gasteiger partial charge in [-0.3, -0.25) is 4.79 Å². The molecule has 2 aliphatic rings. The predicted octanol–water partition coefficient (Wildman–Crippen LogP) is 3.22. The van der Waals surface area contributed by atoms with E-state index >= 15 is 0 Å². The van der Waals surface area contributed by atoms with Gasteiger partial charge in [0.15, 0.2) is 11.5 Å². The van der Waals surface area contributed by atoms with Gasteiger partial charge in [0.05, 0.1) is 0 Å². The number of hydrogen-bond donors (Lipinski definition) is 0. The van der Waals surface area contributed by atoms with E-state index in [9.17, 15) is 4.79 Å². The average Bonchev–Trinajstić information content (AvgIpc) is 2.53. The number of nitrogens with zero attached hydrogens (tertiary/aromatic N) is 1. The molecule has 1 atom stereocenters. The van der Waals surface area contributed by atoms with Crippen LogP contribution in [0.3, 0.4) is 0 Å². The summed E-state index contributed by atoms with van der Waals surface area (Å²) in [4.78, 5) is 14.2. The lowest BCUT2D eigenvalue weighted by atomic mass is 10.1. The van der Waals surface area contributed by atoms with Crippen LogP contribution in [-0.4, -0.2) is 36.3 Å². The van der Waals surface area contributed by atoms with Crippen molar-refractivity contribution in [1.29, 1.82) is 0 Å². The van der Waals surface area contributed by atoms with Gasteiger partial charge in [0.1, 0.15) is 18.6 Å². The van der Waals surface area contributed by atoms with Gasteiger partial charge in [-0.2, -0.15) is 0 Å². The van der Waals surface area contributed by atoms with Crippen LogP contribution in [0.4, 0.5) is 0 Å². The lowest BCUT2D eigenvalue weighted by molar-refractivity contribution is -0.132. The van der Waals surface area contributed by atoms with Crippen molar-refractivity contribution >= 4 is 17.7 Å². The molecule has 1 saturated heterocycles. The zero-order chi connectivity index (χ0) is 14.7. The van der Waals surface area contributed by atoms with Gasteiger partial charge >= 0.3 is 0 Å². The quantitative estimate of drug-likeness (QED) is 0.856. The third-order valence-electron chi connectivity index (χ3n) is 3.80. The molecule has 0 N–H and O–H groups in total. The molecule has 0 radical (unpaired) electrons. The maximum absolute atomic E-state index is 12.2. The Kier molecular flexibility index (Phi) is 4.58. The van der Waals surface area contributed by atoms with Crippen molar-refractivity contribution in [1.82, 2.24) is 4.90 Å². The van der Waals surface area contributed by atoms with Crippen molar-refractivity contribution in [3.63, 3.8) is 0 Å². The Labute approximate surface area is 129 Å². The summed E-state index contributed by atoms with van der Waals surface area (Å²) in [7, 11) is 0. The molecule has 1 amide bonds. The number of amides is 1. The normalized spacial score (nSPS) is 21.5. The molecule has 1 aromatic rings. The fourth-order valence-corrected chi connectivity index (χ4v) is 3.94. The molecule has 3 rings (SSSR count). The van der Waals surface area contributed by atoms with Gasteiger partial charge in [0.25, 0.3) is 0 Å². The van der Waals surface area contributed by atoms with Crippen molar-refractivity contribution in [2.24, 2.45) is 0 Å². The third-order valence-corrected chi connectivity index (χ3v) is 5.08. The first-order chi connectivity index (χ1) is 10.3. The second-order valence-corrected chi connectivity index (χ2v) is 6.51. The Bertz CT molecular complexity index is 520. The number of thioether (sulfide) groups is 1. The van der Waals surface area contributed by atoms with Gasteiger partial charge < -0.3 is 14.4 Å². The van der Waals surface area contributed by atoms with Crippen molar-refractivity contribution in [3.05, 3.63) is 23.8 Å². The topological polar surface area (TPSA) is 38.8 Å². The summed E-state index contributed by atoms with van der Waals surface area (Å²) in [6.45, 7) is 4.18. The Morgan fingerprint density at radius 2 is 2.10 bits per heavy atom. The lowest BCUT2D eigenvalue weighted by Gasteiger charge is -2.36. The molecule has 0 aliphatic carbocycles. The number of benzene rings is 1. The maximum Gasteiger partial charge on any atom is 0.224 e. The van der Waals surface area contributed by atoms with Crippen LogP contribution in [0.5, 0.6) is 11.5 Å².